The standard InChI is InChI=1S/C12H14N2O4S/c1-4-17-7-9-10(15)14(3)11(19-9)8(6-13)12(16)18-5-2/h7H,4-5H2,1-3H3/b9-7-,11-8-. The molecule has 0 aliphatic heterocycles. The van der Waals surface area contributed by atoms with E-state index >= 15 is 0 Å². The van der Waals surface area contributed by atoms with E-state index in [0.717, 1.165) is 11.3 Å². The summed E-state index contributed by atoms with van der Waals surface area (Å²) in [5.74, 6) is -0.732. The Balaban J connectivity index is 3.54. The molecule has 1 aromatic heterocycles. The third-order valence-electron chi connectivity index (χ3n) is 2.19. The Morgan fingerprint density at radius 1 is 1.47 bits per heavy atom. The van der Waals surface area contributed by atoms with E-state index in [9.17, 15) is 9.59 Å². The summed E-state index contributed by atoms with van der Waals surface area (Å²) in [7, 11) is 1.49. The van der Waals surface area contributed by atoms with Crippen LogP contribution < -0.4 is 14.8 Å². The van der Waals surface area contributed by atoms with Gasteiger partial charge in [0.25, 0.3) is 5.56 Å². The van der Waals surface area contributed by atoms with E-state index in [0.29, 0.717) is 11.1 Å². The topological polar surface area (TPSA) is 81.3 Å². The van der Waals surface area contributed by atoms with E-state index in [2.05, 4.69) is 0 Å². The van der Waals surface area contributed by atoms with Crippen LogP contribution in [0.15, 0.2) is 4.79 Å². The average molecular weight is 282 g/mol. The Bertz CT molecular complexity index is 678. The summed E-state index contributed by atoms with van der Waals surface area (Å²) < 4.78 is 11.7. The molecule has 0 aliphatic rings. The molecule has 0 unspecified atom stereocenters. The van der Waals surface area contributed by atoms with Crippen molar-refractivity contribution in [3.8, 4) is 6.07 Å². The van der Waals surface area contributed by atoms with Crippen molar-refractivity contribution < 1.29 is 14.3 Å². The Hall–Kier alpha value is -2.07. The number of nitriles is 1. The molecule has 19 heavy (non-hydrogen) atoms. The van der Waals surface area contributed by atoms with Gasteiger partial charge in [-0.1, -0.05) is 0 Å². The average Bonchev–Trinajstić information content (AvgIpc) is 2.66. The summed E-state index contributed by atoms with van der Waals surface area (Å²) in [6.07, 6.45) is 1.33. The van der Waals surface area contributed by atoms with Gasteiger partial charge in [0.2, 0.25) is 0 Å². The minimum atomic E-state index is -0.732. The largest absolute Gasteiger partial charge is 0.500 e. The van der Waals surface area contributed by atoms with E-state index in [4.69, 9.17) is 14.7 Å². The maximum atomic E-state index is 11.9. The van der Waals surface area contributed by atoms with E-state index in [1.165, 1.54) is 17.9 Å². The van der Waals surface area contributed by atoms with Crippen LogP contribution in [0.5, 0.6) is 0 Å². The molecular weight excluding hydrogens is 268 g/mol. The van der Waals surface area contributed by atoms with Gasteiger partial charge in [-0.25, -0.2) is 4.79 Å². The first-order chi connectivity index (χ1) is 9.06. The molecule has 6 nitrogen and oxygen atoms in total. The van der Waals surface area contributed by atoms with Crippen LogP contribution in [0.2, 0.25) is 0 Å². The number of hydrogen-bond donors (Lipinski definition) is 0. The number of aromatic nitrogens is 1. The zero-order chi connectivity index (χ0) is 14.4. The van der Waals surface area contributed by atoms with Gasteiger partial charge in [-0.05, 0) is 13.8 Å². The highest BCUT2D eigenvalue weighted by Crippen LogP contribution is 1.95. The fourth-order valence-electron chi connectivity index (χ4n) is 1.31. The lowest BCUT2D eigenvalue weighted by atomic mass is 10.3. The molecule has 0 fully saturated rings. The molecule has 7 heteroatoms. The smallest absolute Gasteiger partial charge is 0.351 e. The first kappa shape index (κ1) is 15.0. The summed E-state index contributed by atoms with van der Waals surface area (Å²) in [5, 5.41) is 9.04. The van der Waals surface area contributed by atoms with Gasteiger partial charge in [-0.2, -0.15) is 5.26 Å². The van der Waals surface area contributed by atoms with Crippen LogP contribution in [-0.4, -0.2) is 23.8 Å². The lowest BCUT2D eigenvalue weighted by Crippen LogP contribution is -2.30. The van der Waals surface area contributed by atoms with E-state index in [1.54, 1.807) is 19.9 Å². The van der Waals surface area contributed by atoms with E-state index < -0.39 is 5.97 Å². The first-order valence-electron chi connectivity index (χ1n) is 5.65. The maximum Gasteiger partial charge on any atom is 0.351 e. The molecule has 0 saturated heterocycles. The molecular formula is C12H14N2O4S. The van der Waals surface area contributed by atoms with Crippen molar-refractivity contribution in [2.75, 3.05) is 13.2 Å². The Labute approximate surface area is 113 Å². The number of hydrogen-bond acceptors (Lipinski definition) is 6. The number of rotatable bonds is 4. The molecule has 0 N–H and O–H groups in total. The van der Waals surface area contributed by atoms with Crippen LogP contribution in [0.4, 0.5) is 0 Å². The molecule has 102 valence electrons. The van der Waals surface area contributed by atoms with Crippen LogP contribution in [0.25, 0.3) is 11.8 Å². The quantitative estimate of drug-likeness (QED) is 0.693. The monoisotopic (exact) mass is 282 g/mol. The Morgan fingerprint density at radius 2 is 2.16 bits per heavy atom. The molecule has 1 heterocycles. The Kier molecular flexibility index (Phi) is 5.33. The van der Waals surface area contributed by atoms with Gasteiger partial charge in [0.15, 0.2) is 5.57 Å². The highest BCUT2D eigenvalue weighted by atomic mass is 32.1. The van der Waals surface area contributed by atoms with Gasteiger partial charge in [0, 0.05) is 7.05 Å². The van der Waals surface area contributed by atoms with Crippen LogP contribution in [0.3, 0.4) is 0 Å². The number of nitrogens with zero attached hydrogens (tertiary/aromatic N) is 2. The van der Waals surface area contributed by atoms with Crippen molar-refractivity contribution in [1.29, 1.82) is 5.26 Å². The second-order valence-electron chi connectivity index (χ2n) is 3.42. The lowest BCUT2D eigenvalue weighted by Gasteiger charge is -1.98. The normalized spacial score (nSPS) is 12.8. The number of carbonyl (C=O) groups is 1. The van der Waals surface area contributed by atoms with Crippen LogP contribution in [0.1, 0.15) is 13.8 Å². The number of esters is 1. The fraction of sp³-hybridized carbons (Fsp3) is 0.417. The van der Waals surface area contributed by atoms with Crippen LogP contribution >= 0.6 is 11.3 Å². The summed E-state index contributed by atoms with van der Waals surface area (Å²) in [6, 6.07) is 1.78. The third kappa shape index (κ3) is 3.23. The van der Waals surface area contributed by atoms with Crippen molar-refractivity contribution in [2.24, 2.45) is 7.05 Å². The van der Waals surface area contributed by atoms with E-state index in [1.807, 2.05) is 0 Å². The van der Waals surface area contributed by atoms with Gasteiger partial charge < -0.3 is 14.0 Å². The molecule has 0 aromatic carbocycles. The SMILES string of the molecule is CCO/C=c1\s/c(=C(/C#N)C(=O)OCC)n(C)c1=O. The number of thiazole rings is 1. The fourth-order valence-corrected chi connectivity index (χ4v) is 2.31. The molecule has 0 atom stereocenters. The number of ether oxygens (including phenoxy) is 2. The van der Waals surface area contributed by atoms with Crippen molar-refractivity contribution >= 4 is 29.1 Å². The number of carbonyl (C=O) groups excluding carboxylic acids is 1. The van der Waals surface area contributed by atoms with Crippen molar-refractivity contribution in [2.45, 2.75) is 13.8 Å². The zero-order valence-electron chi connectivity index (χ0n) is 10.9. The Morgan fingerprint density at radius 3 is 2.68 bits per heavy atom. The highest BCUT2D eigenvalue weighted by Gasteiger charge is 2.15. The summed E-state index contributed by atoms with van der Waals surface area (Å²) >= 11 is 1.02. The minimum absolute atomic E-state index is 0.168. The van der Waals surface area contributed by atoms with Crippen molar-refractivity contribution in [3.05, 3.63) is 19.5 Å². The predicted molar refractivity (Wildman–Crippen MR) is 70.6 cm³/mol. The second-order valence-corrected chi connectivity index (χ2v) is 4.45. The zero-order valence-corrected chi connectivity index (χ0v) is 11.7. The third-order valence-corrected chi connectivity index (χ3v) is 3.35. The maximum absolute atomic E-state index is 11.9. The lowest BCUT2D eigenvalue weighted by molar-refractivity contribution is -0.136. The molecule has 0 saturated carbocycles. The molecule has 0 aliphatic carbocycles. The second kappa shape index (κ2) is 6.75. The summed E-state index contributed by atoms with van der Waals surface area (Å²) in [6.45, 7) is 4.04. The van der Waals surface area contributed by atoms with Gasteiger partial charge in [-0.3, -0.25) is 4.79 Å². The molecule has 0 spiro atoms. The van der Waals surface area contributed by atoms with E-state index in [-0.39, 0.29) is 22.4 Å². The first-order valence-corrected chi connectivity index (χ1v) is 6.47. The highest BCUT2D eigenvalue weighted by molar-refractivity contribution is 7.07. The molecule has 0 radical (unpaired) electrons. The molecule has 1 aromatic rings. The predicted octanol–water partition coefficient (Wildman–Crippen LogP) is -0.541. The van der Waals surface area contributed by atoms with Crippen LogP contribution in [-0.2, 0) is 21.3 Å². The van der Waals surface area contributed by atoms with Crippen molar-refractivity contribution in [1.82, 2.24) is 4.57 Å². The van der Waals surface area contributed by atoms with Gasteiger partial charge in [0.1, 0.15) is 21.5 Å². The van der Waals surface area contributed by atoms with Crippen LogP contribution in [0, 0.1) is 11.3 Å². The molecule has 0 amide bonds. The van der Waals surface area contributed by atoms with Gasteiger partial charge in [-0.15, -0.1) is 11.3 Å². The molecule has 1 rings (SSSR count). The van der Waals surface area contributed by atoms with Crippen molar-refractivity contribution in [3.63, 3.8) is 0 Å². The summed E-state index contributed by atoms with van der Waals surface area (Å²) in [5.41, 5.74) is -0.493. The molecule has 0 bridgehead atoms. The van der Waals surface area contributed by atoms with Gasteiger partial charge in [0.05, 0.1) is 13.2 Å². The summed E-state index contributed by atoms with van der Waals surface area (Å²) in [4.78, 5) is 23.5. The van der Waals surface area contributed by atoms with Gasteiger partial charge >= 0.3 is 5.97 Å². The minimum Gasteiger partial charge on any atom is -0.500 e.